The summed E-state index contributed by atoms with van der Waals surface area (Å²) >= 11 is 0. The summed E-state index contributed by atoms with van der Waals surface area (Å²) in [6, 6.07) is 2.77. The molecular weight excluding hydrogens is 257 g/mol. The first kappa shape index (κ1) is 14.0. The van der Waals surface area contributed by atoms with Gasteiger partial charge >= 0.3 is 6.18 Å². The third-order valence-corrected chi connectivity index (χ3v) is 3.17. The minimum Gasteiger partial charge on any atom is -0.282 e. The molecule has 0 aliphatic carbocycles. The smallest absolute Gasteiger partial charge is 0.282 e. The Kier molecular flexibility index (Phi) is 3.54. The van der Waals surface area contributed by atoms with E-state index >= 15 is 0 Å². The minimum atomic E-state index is -4.88. The maximum atomic E-state index is 12.6. The van der Waals surface area contributed by atoms with Gasteiger partial charge in [0, 0.05) is 0 Å². The Morgan fingerprint density at radius 3 is 2.12 bits per heavy atom. The summed E-state index contributed by atoms with van der Waals surface area (Å²) in [6.07, 6.45) is -4.82. The van der Waals surface area contributed by atoms with E-state index in [0.717, 1.165) is 12.1 Å². The molecule has 0 aliphatic rings. The first-order valence-electron chi connectivity index (χ1n) is 4.72. The molecule has 0 radical (unpaired) electrons. The zero-order valence-corrected chi connectivity index (χ0v) is 9.93. The third kappa shape index (κ3) is 3.19. The van der Waals surface area contributed by atoms with Crippen LogP contribution < -0.4 is 0 Å². The number of hydrogen-bond acceptors (Lipinski definition) is 2. The Labute approximate surface area is 97.0 Å². The molecule has 0 fully saturated rings. The summed E-state index contributed by atoms with van der Waals surface area (Å²) in [5, 5.41) is 0. The van der Waals surface area contributed by atoms with E-state index in [0.29, 0.717) is 5.56 Å². The van der Waals surface area contributed by atoms with Gasteiger partial charge in [-0.25, -0.2) is 0 Å². The molecule has 0 bridgehead atoms. The molecule has 0 saturated heterocycles. The van der Waals surface area contributed by atoms with Crippen LogP contribution in [0.25, 0.3) is 0 Å². The van der Waals surface area contributed by atoms with Gasteiger partial charge in [0.1, 0.15) is 4.90 Å². The Bertz CT molecular complexity index is 518. The number of hydrogen-bond donors (Lipinski definition) is 1. The van der Waals surface area contributed by atoms with Crippen LogP contribution in [0.15, 0.2) is 23.1 Å². The fourth-order valence-corrected chi connectivity index (χ4v) is 2.05. The number of rotatable bonds is 2. The molecule has 1 rings (SSSR count). The summed E-state index contributed by atoms with van der Waals surface area (Å²) in [5.41, 5.74) is -0.990. The van der Waals surface area contributed by atoms with Gasteiger partial charge in [-0.15, -0.1) is 0 Å². The third-order valence-electron chi connectivity index (χ3n) is 2.25. The van der Waals surface area contributed by atoms with E-state index < -0.39 is 26.8 Å². The molecule has 1 N–H and O–H groups in total. The molecular formula is C10H11F3O3S. The van der Waals surface area contributed by atoms with Gasteiger partial charge in [-0.2, -0.15) is 21.6 Å². The topological polar surface area (TPSA) is 54.4 Å². The lowest BCUT2D eigenvalue weighted by Gasteiger charge is -2.14. The summed E-state index contributed by atoms with van der Waals surface area (Å²) in [4.78, 5) is -1.12. The van der Waals surface area contributed by atoms with Gasteiger partial charge < -0.3 is 0 Å². The zero-order chi connectivity index (χ0) is 13.4. The van der Waals surface area contributed by atoms with Crippen LogP contribution in [0, 0.1) is 0 Å². The van der Waals surface area contributed by atoms with Crippen LogP contribution in [-0.2, 0) is 16.3 Å². The molecule has 7 heteroatoms. The first-order chi connectivity index (χ1) is 7.53. The van der Waals surface area contributed by atoms with E-state index in [2.05, 4.69) is 0 Å². The fourth-order valence-electron chi connectivity index (χ4n) is 1.35. The summed E-state index contributed by atoms with van der Waals surface area (Å²) < 4.78 is 68.3. The highest BCUT2D eigenvalue weighted by atomic mass is 32.2. The van der Waals surface area contributed by atoms with Crippen molar-refractivity contribution in [3.63, 3.8) is 0 Å². The summed E-state index contributed by atoms with van der Waals surface area (Å²) in [7, 11) is -4.88. The van der Waals surface area contributed by atoms with Crippen LogP contribution in [0.1, 0.15) is 30.9 Å². The van der Waals surface area contributed by atoms with E-state index in [1.165, 1.54) is 6.07 Å². The lowest BCUT2D eigenvalue weighted by atomic mass is 10.0. The van der Waals surface area contributed by atoms with Crippen LogP contribution in [0.3, 0.4) is 0 Å². The molecule has 0 heterocycles. The van der Waals surface area contributed by atoms with Crippen LogP contribution in [-0.4, -0.2) is 13.0 Å². The number of alkyl halides is 3. The lowest BCUT2D eigenvalue weighted by Crippen LogP contribution is -2.13. The second kappa shape index (κ2) is 4.30. The van der Waals surface area contributed by atoms with Gasteiger partial charge in [0.25, 0.3) is 10.1 Å². The van der Waals surface area contributed by atoms with Crippen molar-refractivity contribution in [2.45, 2.75) is 30.8 Å². The lowest BCUT2D eigenvalue weighted by molar-refractivity contribution is -0.140. The van der Waals surface area contributed by atoms with E-state index in [-0.39, 0.29) is 5.92 Å². The molecule has 3 nitrogen and oxygen atoms in total. The predicted molar refractivity (Wildman–Crippen MR) is 55.3 cm³/mol. The Balaban J connectivity index is 3.55. The standard InChI is InChI=1S/C10H11F3O3S/c1-6(2)7-3-4-9(17(14,15)16)8(5-7)10(11,12)13/h3-6H,1-2H3,(H,14,15,16). The quantitative estimate of drug-likeness (QED) is 0.839. The van der Waals surface area contributed by atoms with Crippen LogP contribution in [0.4, 0.5) is 13.2 Å². The van der Waals surface area contributed by atoms with Crippen LogP contribution in [0.5, 0.6) is 0 Å². The zero-order valence-electron chi connectivity index (χ0n) is 9.12. The van der Waals surface area contributed by atoms with Crippen LogP contribution >= 0.6 is 0 Å². The number of halogens is 3. The summed E-state index contributed by atoms with van der Waals surface area (Å²) in [5.74, 6) is -0.174. The normalized spacial score (nSPS) is 13.1. The van der Waals surface area contributed by atoms with Gasteiger partial charge in [0.15, 0.2) is 0 Å². The molecule has 0 aliphatic heterocycles. The van der Waals surface area contributed by atoms with Crippen molar-refractivity contribution in [1.29, 1.82) is 0 Å². The molecule has 17 heavy (non-hydrogen) atoms. The molecule has 96 valence electrons. The van der Waals surface area contributed by atoms with E-state index in [9.17, 15) is 21.6 Å². The molecule has 0 unspecified atom stereocenters. The molecule has 0 aromatic heterocycles. The van der Waals surface area contributed by atoms with Crippen molar-refractivity contribution < 1.29 is 26.1 Å². The maximum absolute atomic E-state index is 12.6. The average molecular weight is 268 g/mol. The van der Waals surface area contributed by atoms with Crippen molar-refractivity contribution in [1.82, 2.24) is 0 Å². The van der Waals surface area contributed by atoms with Crippen molar-refractivity contribution >= 4 is 10.1 Å². The van der Waals surface area contributed by atoms with Crippen molar-refractivity contribution in [2.24, 2.45) is 0 Å². The largest absolute Gasteiger partial charge is 0.417 e. The van der Waals surface area contributed by atoms with Gasteiger partial charge in [-0.3, -0.25) is 4.55 Å². The predicted octanol–water partition coefficient (Wildman–Crippen LogP) is 3.08. The first-order valence-corrected chi connectivity index (χ1v) is 6.16. The molecule has 0 spiro atoms. The van der Waals surface area contributed by atoms with Crippen molar-refractivity contribution in [3.8, 4) is 0 Å². The highest BCUT2D eigenvalue weighted by molar-refractivity contribution is 7.85. The Morgan fingerprint density at radius 2 is 1.76 bits per heavy atom. The van der Waals surface area contributed by atoms with Gasteiger partial charge in [0.2, 0.25) is 0 Å². The van der Waals surface area contributed by atoms with E-state index in [4.69, 9.17) is 4.55 Å². The SMILES string of the molecule is CC(C)c1ccc(S(=O)(=O)O)c(C(F)(F)F)c1. The Morgan fingerprint density at radius 1 is 1.24 bits per heavy atom. The molecule has 0 amide bonds. The molecule has 1 aromatic rings. The van der Waals surface area contributed by atoms with Gasteiger partial charge in [-0.05, 0) is 23.6 Å². The highest BCUT2D eigenvalue weighted by Crippen LogP contribution is 2.35. The molecule has 0 saturated carbocycles. The molecule has 0 atom stereocenters. The fraction of sp³-hybridized carbons (Fsp3) is 0.400. The Hall–Kier alpha value is -1.08. The average Bonchev–Trinajstić information content (AvgIpc) is 2.14. The maximum Gasteiger partial charge on any atom is 0.417 e. The monoisotopic (exact) mass is 268 g/mol. The minimum absolute atomic E-state index is 0.174. The van der Waals surface area contributed by atoms with E-state index in [1.807, 2.05) is 0 Å². The van der Waals surface area contributed by atoms with E-state index in [1.54, 1.807) is 13.8 Å². The van der Waals surface area contributed by atoms with Gasteiger partial charge in [-0.1, -0.05) is 19.9 Å². The van der Waals surface area contributed by atoms with Crippen molar-refractivity contribution in [3.05, 3.63) is 29.3 Å². The van der Waals surface area contributed by atoms with Crippen molar-refractivity contribution in [2.75, 3.05) is 0 Å². The van der Waals surface area contributed by atoms with Crippen LogP contribution in [0.2, 0.25) is 0 Å². The number of benzene rings is 1. The highest BCUT2D eigenvalue weighted by Gasteiger charge is 2.37. The second-order valence-electron chi connectivity index (χ2n) is 3.88. The second-order valence-corrected chi connectivity index (χ2v) is 5.27. The summed E-state index contributed by atoms with van der Waals surface area (Å²) in [6.45, 7) is 3.37. The molecule has 1 aromatic carbocycles. The van der Waals surface area contributed by atoms with Gasteiger partial charge in [0.05, 0.1) is 5.56 Å².